The zero-order chi connectivity index (χ0) is 15.4. The highest BCUT2D eigenvalue weighted by atomic mass is 16.1. The zero-order valence-corrected chi connectivity index (χ0v) is 12.8. The van der Waals surface area contributed by atoms with E-state index in [9.17, 15) is 4.79 Å². The van der Waals surface area contributed by atoms with E-state index in [-0.39, 0.29) is 11.6 Å². The molecule has 2 rings (SSSR count). The molecule has 1 atom stereocenters. The summed E-state index contributed by atoms with van der Waals surface area (Å²) in [6.07, 6.45) is 0. The van der Waals surface area contributed by atoms with Crippen LogP contribution in [0.3, 0.4) is 0 Å². The van der Waals surface area contributed by atoms with Crippen molar-refractivity contribution in [3.63, 3.8) is 0 Å². The molecule has 6 nitrogen and oxygen atoms in total. The summed E-state index contributed by atoms with van der Waals surface area (Å²) in [6, 6.07) is 5.35. The minimum absolute atomic E-state index is 0.176. The number of aromatic nitrogens is 2. The summed E-state index contributed by atoms with van der Waals surface area (Å²) < 4.78 is 0. The number of aromatic amines is 1. The fraction of sp³-hybridized carbons (Fsp3) is 0.467. The predicted molar refractivity (Wildman–Crippen MR) is 87.6 cm³/mol. The van der Waals surface area contributed by atoms with Crippen molar-refractivity contribution in [3.05, 3.63) is 28.6 Å². The number of H-pyrrole nitrogens is 1. The highest BCUT2D eigenvalue weighted by Crippen LogP contribution is 2.13. The number of anilines is 2. The summed E-state index contributed by atoms with van der Waals surface area (Å²) in [6.45, 7) is 9.25. The second kappa shape index (κ2) is 6.58. The molecule has 0 aliphatic rings. The third-order valence-corrected chi connectivity index (χ3v) is 3.54. The average molecular weight is 289 g/mol. The molecule has 4 N–H and O–H groups in total. The quantitative estimate of drug-likeness (QED) is 0.704. The Hall–Kier alpha value is -2.08. The van der Waals surface area contributed by atoms with E-state index in [2.05, 4.69) is 41.0 Å². The molecule has 1 unspecified atom stereocenters. The monoisotopic (exact) mass is 289 g/mol. The zero-order valence-electron chi connectivity index (χ0n) is 12.8. The van der Waals surface area contributed by atoms with Crippen LogP contribution in [0.5, 0.6) is 0 Å². The molecule has 2 aromatic rings. The maximum Gasteiger partial charge on any atom is 0.260 e. The fourth-order valence-corrected chi connectivity index (χ4v) is 2.37. The Bertz CT molecular complexity index is 663. The van der Waals surface area contributed by atoms with Gasteiger partial charge in [0.2, 0.25) is 5.95 Å². The maximum atomic E-state index is 12.1. The van der Waals surface area contributed by atoms with Crippen LogP contribution >= 0.6 is 0 Å². The van der Waals surface area contributed by atoms with Gasteiger partial charge in [-0.3, -0.25) is 9.78 Å². The molecule has 1 aromatic heterocycles. The smallest absolute Gasteiger partial charge is 0.260 e. The summed E-state index contributed by atoms with van der Waals surface area (Å²) in [5.74, 6) is 0.497. The Morgan fingerprint density at radius 2 is 2.10 bits per heavy atom. The van der Waals surface area contributed by atoms with E-state index in [0.717, 1.165) is 19.6 Å². The van der Waals surface area contributed by atoms with Gasteiger partial charge in [0, 0.05) is 18.3 Å². The molecule has 0 saturated heterocycles. The summed E-state index contributed by atoms with van der Waals surface area (Å²) in [5, 5.41) is 3.76. The van der Waals surface area contributed by atoms with Gasteiger partial charge in [-0.05, 0) is 38.2 Å². The standard InChI is InChI=1S/C15H23N5O/c1-4-20(5-2)9-10(3)17-15-18-13-7-6-11(16)8-12(13)14(21)19-15/h6-8,10H,4-5,9,16H2,1-3H3,(H2,17,18,19,21). The number of hydrogen-bond donors (Lipinski definition) is 3. The summed E-state index contributed by atoms with van der Waals surface area (Å²) in [7, 11) is 0. The van der Waals surface area contributed by atoms with Gasteiger partial charge in [0.25, 0.3) is 5.56 Å². The molecule has 1 aromatic carbocycles. The first-order chi connectivity index (χ1) is 10.0. The molecule has 21 heavy (non-hydrogen) atoms. The number of likely N-dealkylation sites (N-methyl/N-ethyl adjacent to an activating group) is 1. The lowest BCUT2D eigenvalue weighted by molar-refractivity contribution is 0.294. The molecule has 114 valence electrons. The van der Waals surface area contributed by atoms with Gasteiger partial charge < -0.3 is 16.0 Å². The molecule has 0 amide bonds. The van der Waals surface area contributed by atoms with Gasteiger partial charge in [-0.1, -0.05) is 13.8 Å². The van der Waals surface area contributed by atoms with Crippen LogP contribution < -0.4 is 16.6 Å². The number of nitrogens with zero attached hydrogens (tertiary/aromatic N) is 2. The van der Waals surface area contributed by atoms with Crippen LogP contribution in [-0.2, 0) is 0 Å². The Labute approximate surface area is 124 Å². The topological polar surface area (TPSA) is 87.0 Å². The third-order valence-electron chi connectivity index (χ3n) is 3.54. The van der Waals surface area contributed by atoms with Crippen LogP contribution in [0.15, 0.2) is 23.0 Å². The van der Waals surface area contributed by atoms with Crippen LogP contribution in [0.25, 0.3) is 10.9 Å². The molecule has 0 fully saturated rings. The van der Waals surface area contributed by atoms with E-state index in [0.29, 0.717) is 22.5 Å². The molecule has 0 radical (unpaired) electrons. The second-order valence-corrected chi connectivity index (χ2v) is 5.22. The van der Waals surface area contributed by atoms with Crippen molar-refractivity contribution in [2.24, 2.45) is 0 Å². The van der Waals surface area contributed by atoms with E-state index in [1.165, 1.54) is 0 Å². The van der Waals surface area contributed by atoms with Crippen LogP contribution in [0, 0.1) is 0 Å². The van der Waals surface area contributed by atoms with Crippen molar-refractivity contribution in [1.29, 1.82) is 0 Å². The summed E-state index contributed by atoms with van der Waals surface area (Å²) >= 11 is 0. The number of rotatable bonds is 6. The average Bonchev–Trinajstić information content (AvgIpc) is 2.45. The lowest BCUT2D eigenvalue weighted by Crippen LogP contribution is -2.35. The highest BCUT2D eigenvalue weighted by molar-refractivity contribution is 5.81. The van der Waals surface area contributed by atoms with Crippen molar-refractivity contribution in [2.75, 3.05) is 30.7 Å². The van der Waals surface area contributed by atoms with Crippen LogP contribution in [-0.4, -0.2) is 40.5 Å². The van der Waals surface area contributed by atoms with E-state index in [1.807, 2.05) is 0 Å². The summed E-state index contributed by atoms with van der Waals surface area (Å²) in [5.41, 5.74) is 6.72. The molecule has 0 saturated carbocycles. The molecule has 1 heterocycles. The fourth-order valence-electron chi connectivity index (χ4n) is 2.37. The Kier molecular flexibility index (Phi) is 4.80. The van der Waals surface area contributed by atoms with E-state index < -0.39 is 0 Å². The molecule has 0 aliphatic heterocycles. The Morgan fingerprint density at radius 1 is 1.38 bits per heavy atom. The van der Waals surface area contributed by atoms with Crippen molar-refractivity contribution >= 4 is 22.5 Å². The van der Waals surface area contributed by atoms with Gasteiger partial charge in [-0.25, -0.2) is 4.98 Å². The number of hydrogen-bond acceptors (Lipinski definition) is 5. The molecule has 0 bridgehead atoms. The molecule has 0 aliphatic carbocycles. The first-order valence-corrected chi connectivity index (χ1v) is 7.32. The van der Waals surface area contributed by atoms with Gasteiger partial charge in [0.05, 0.1) is 10.9 Å². The predicted octanol–water partition coefficient (Wildman–Crippen LogP) is 1.65. The summed E-state index contributed by atoms with van der Waals surface area (Å²) in [4.78, 5) is 21.6. The van der Waals surface area contributed by atoms with Crippen molar-refractivity contribution in [1.82, 2.24) is 14.9 Å². The van der Waals surface area contributed by atoms with Crippen molar-refractivity contribution in [2.45, 2.75) is 26.8 Å². The Balaban J connectivity index is 2.19. The maximum absolute atomic E-state index is 12.1. The van der Waals surface area contributed by atoms with Crippen molar-refractivity contribution in [3.8, 4) is 0 Å². The number of benzene rings is 1. The molecule has 6 heteroatoms. The lowest BCUT2D eigenvalue weighted by atomic mass is 10.2. The second-order valence-electron chi connectivity index (χ2n) is 5.22. The van der Waals surface area contributed by atoms with Gasteiger partial charge in [-0.15, -0.1) is 0 Å². The first kappa shape index (κ1) is 15.3. The molecular formula is C15H23N5O. The lowest BCUT2D eigenvalue weighted by Gasteiger charge is -2.23. The van der Waals surface area contributed by atoms with Crippen molar-refractivity contribution < 1.29 is 0 Å². The van der Waals surface area contributed by atoms with Crippen LogP contribution in [0.4, 0.5) is 11.6 Å². The first-order valence-electron chi connectivity index (χ1n) is 7.32. The van der Waals surface area contributed by atoms with Gasteiger partial charge in [-0.2, -0.15) is 0 Å². The minimum Gasteiger partial charge on any atom is -0.399 e. The third kappa shape index (κ3) is 3.72. The minimum atomic E-state index is -0.176. The van der Waals surface area contributed by atoms with Crippen LogP contribution in [0.1, 0.15) is 20.8 Å². The van der Waals surface area contributed by atoms with Gasteiger partial charge in [0.15, 0.2) is 0 Å². The van der Waals surface area contributed by atoms with Crippen LogP contribution in [0.2, 0.25) is 0 Å². The highest BCUT2D eigenvalue weighted by Gasteiger charge is 2.10. The van der Waals surface area contributed by atoms with Gasteiger partial charge >= 0.3 is 0 Å². The van der Waals surface area contributed by atoms with E-state index in [4.69, 9.17) is 5.73 Å². The Morgan fingerprint density at radius 3 is 2.76 bits per heavy atom. The SMILES string of the molecule is CCN(CC)CC(C)Nc1nc2ccc(N)cc2c(=O)[nH]1. The molecule has 0 spiro atoms. The number of nitrogens with one attached hydrogen (secondary N) is 2. The van der Waals surface area contributed by atoms with E-state index >= 15 is 0 Å². The number of nitrogens with two attached hydrogens (primary N) is 1. The van der Waals surface area contributed by atoms with Gasteiger partial charge in [0.1, 0.15) is 0 Å². The normalized spacial score (nSPS) is 12.8. The number of nitrogen functional groups attached to an aromatic ring is 1. The largest absolute Gasteiger partial charge is 0.399 e. The molecular weight excluding hydrogens is 266 g/mol. The number of fused-ring (bicyclic) bond motifs is 1. The van der Waals surface area contributed by atoms with E-state index in [1.54, 1.807) is 18.2 Å².